The highest BCUT2D eigenvalue weighted by atomic mass is 15.2. The summed E-state index contributed by atoms with van der Waals surface area (Å²) in [5, 5.41) is 0. The summed E-state index contributed by atoms with van der Waals surface area (Å²) in [4.78, 5) is 5.04. The standard InChI is InChI=1S/C14H31N3/c1-12(2)16(4)8-5-6-9-17-10-7-14(15)11-13(17)3/h12-14H,5-11,15H2,1-4H3. The lowest BCUT2D eigenvalue weighted by Gasteiger charge is -2.36. The summed E-state index contributed by atoms with van der Waals surface area (Å²) in [5.74, 6) is 0. The van der Waals surface area contributed by atoms with Crippen molar-refractivity contribution in [2.45, 2.75) is 64.6 Å². The van der Waals surface area contributed by atoms with Crippen LogP contribution in [0, 0.1) is 0 Å². The van der Waals surface area contributed by atoms with Crippen LogP contribution in [0.4, 0.5) is 0 Å². The summed E-state index contributed by atoms with van der Waals surface area (Å²) < 4.78 is 0. The summed E-state index contributed by atoms with van der Waals surface area (Å²) >= 11 is 0. The molecule has 1 aliphatic rings. The van der Waals surface area contributed by atoms with Crippen molar-refractivity contribution in [1.82, 2.24) is 9.80 Å². The predicted molar refractivity (Wildman–Crippen MR) is 75.2 cm³/mol. The van der Waals surface area contributed by atoms with E-state index in [1.54, 1.807) is 0 Å². The number of likely N-dealkylation sites (tertiary alicyclic amines) is 1. The van der Waals surface area contributed by atoms with Gasteiger partial charge in [0.05, 0.1) is 0 Å². The monoisotopic (exact) mass is 241 g/mol. The van der Waals surface area contributed by atoms with E-state index in [-0.39, 0.29) is 0 Å². The summed E-state index contributed by atoms with van der Waals surface area (Å²) in [5.41, 5.74) is 5.98. The van der Waals surface area contributed by atoms with Gasteiger partial charge in [0.2, 0.25) is 0 Å². The van der Waals surface area contributed by atoms with E-state index >= 15 is 0 Å². The number of nitrogens with two attached hydrogens (primary N) is 1. The molecule has 102 valence electrons. The van der Waals surface area contributed by atoms with Crippen LogP contribution in [-0.2, 0) is 0 Å². The number of rotatable bonds is 6. The van der Waals surface area contributed by atoms with Gasteiger partial charge in [-0.25, -0.2) is 0 Å². The van der Waals surface area contributed by atoms with Crippen LogP contribution >= 0.6 is 0 Å². The fourth-order valence-corrected chi connectivity index (χ4v) is 2.52. The number of hydrogen-bond donors (Lipinski definition) is 1. The Bertz CT molecular complexity index is 206. The van der Waals surface area contributed by atoms with Crippen LogP contribution in [-0.4, -0.2) is 54.6 Å². The zero-order valence-electron chi connectivity index (χ0n) is 12.2. The van der Waals surface area contributed by atoms with E-state index in [1.807, 2.05) is 0 Å². The fourth-order valence-electron chi connectivity index (χ4n) is 2.52. The van der Waals surface area contributed by atoms with Gasteiger partial charge in [0, 0.05) is 18.1 Å². The van der Waals surface area contributed by atoms with Crippen LogP contribution in [0.25, 0.3) is 0 Å². The molecule has 0 aromatic heterocycles. The Labute approximate surface area is 107 Å². The van der Waals surface area contributed by atoms with Crippen molar-refractivity contribution in [3.05, 3.63) is 0 Å². The van der Waals surface area contributed by atoms with Gasteiger partial charge < -0.3 is 15.5 Å². The number of nitrogens with zero attached hydrogens (tertiary/aromatic N) is 2. The third-order valence-electron chi connectivity index (χ3n) is 4.14. The molecule has 1 aliphatic heterocycles. The van der Waals surface area contributed by atoms with Crippen molar-refractivity contribution in [2.24, 2.45) is 5.73 Å². The molecular formula is C14H31N3. The van der Waals surface area contributed by atoms with E-state index in [0.29, 0.717) is 18.1 Å². The molecule has 0 radical (unpaired) electrons. The summed E-state index contributed by atoms with van der Waals surface area (Å²) in [7, 11) is 2.22. The molecule has 2 unspecified atom stereocenters. The molecule has 0 bridgehead atoms. The van der Waals surface area contributed by atoms with Crippen LogP contribution in [0.3, 0.4) is 0 Å². The average Bonchev–Trinajstić information content (AvgIpc) is 2.26. The molecule has 1 rings (SSSR count). The van der Waals surface area contributed by atoms with Gasteiger partial charge >= 0.3 is 0 Å². The van der Waals surface area contributed by atoms with Crippen LogP contribution in [0.15, 0.2) is 0 Å². The van der Waals surface area contributed by atoms with Gasteiger partial charge in [-0.15, -0.1) is 0 Å². The normalized spacial score (nSPS) is 27.0. The predicted octanol–water partition coefficient (Wildman–Crippen LogP) is 1.92. The topological polar surface area (TPSA) is 32.5 Å². The molecule has 0 aromatic carbocycles. The molecule has 3 nitrogen and oxygen atoms in total. The third-order valence-corrected chi connectivity index (χ3v) is 4.14. The molecule has 0 saturated carbocycles. The lowest BCUT2D eigenvalue weighted by Crippen LogP contribution is -2.45. The van der Waals surface area contributed by atoms with E-state index in [1.165, 1.54) is 45.3 Å². The smallest absolute Gasteiger partial charge is 0.00816 e. The molecule has 17 heavy (non-hydrogen) atoms. The minimum absolute atomic E-state index is 0.438. The Hall–Kier alpha value is -0.120. The second-order valence-electron chi connectivity index (χ2n) is 5.95. The molecule has 1 heterocycles. The Morgan fingerprint density at radius 2 is 2.06 bits per heavy atom. The highest BCUT2D eigenvalue weighted by Gasteiger charge is 2.22. The summed E-state index contributed by atoms with van der Waals surface area (Å²) in [6.45, 7) is 10.5. The Morgan fingerprint density at radius 1 is 1.35 bits per heavy atom. The van der Waals surface area contributed by atoms with Crippen molar-refractivity contribution in [3.8, 4) is 0 Å². The van der Waals surface area contributed by atoms with Gasteiger partial charge in [0.1, 0.15) is 0 Å². The van der Waals surface area contributed by atoms with Crippen molar-refractivity contribution < 1.29 is 0 Å². The molecule has 0 aromatic rings. The molecule has 1 fully saturated rings. The zero-order chi connectivity index (χ0) is 12.8. The average molecular weight is 241 g/mol. The maximum absolute atomic E-state index is 5.98. The van der Waals surface area contributed by atoms with E-state index in [2.05, 4.69) is 37.6 Å². The fraction of sp³-hybridized carbons (Fsp3) is 1.00. The van der Waals surface area contributed by atoms with Crippen molar-refractivity contribution in [3.63, 3.8) is 0 Å². The van der Waals surface area contributed by atoms with E-state index in [9.17, 15) is 0 Å². The third kappa shape index (κ3) is 5.36. The van der Waals surface area contributed by atoms with E-state index < -0.39 is 0 Å². The Morgan fingerprint density at radius 3 is 2.65 bits per heavy atom. The van der Waals surface area contributed by atoms with Crippen molar-refractivity contribution in [1.29, 1.82) is 0 Å². The maximum Gasteiger partial charge on any atom is 0.00816 e. The minimum atomic E-state index is 0.438. The molecule has 0 spiro atoms. The molecule has 2 N–H and O–H groups in total. The minimum Gasteiger partial charge on any atom is -0.328 e. The molecule has 2 atom stereocenters. The van der Waals surface area contributed by atoms with Gasteiger partial charge in [-0.3, -0.25) is 0 Å². The van der Waals surface area contributed by atoms with Gasteiger partial charge in [0.25, 0.3) is 0 Å². The first-order chi connectivity index (χ1) is 8.00. The van der Waals surface area contributed by atoms with Crippen molar-refractivity contribution in [2.75, 3.05) is 26.7 Å². The number of hydrogen-bond acceptors (Lipinski definition) is 3. The van der Waals surface area contributed by atoms with Gasteiger partial charge in [-0.2, -0.15) is 0 Å². The number of unbranched alkanes of at least 4 members (excludes halogenated alkanes) is 1. The van der Waals surface area contributed by atoms with Gasteiger partial charge in [0.15, 0.2) is 0 Å². The highest BCUT2D eigenvalue weighted by molar-refractivity contribution is 4.80. The quantitative estimate of drug-likeness (QED) is 0.721. The zero-order valence-corrected chi connectivity index (χ0v) is 12.2. The maximum atomic E-state index is 5.98. The Balaban J connectivity index is 2.10. The van der Waals surface area contributed by atoms with Gasteiger partial charge in [-0.1, -0.05) is 0 Å². The first kappa shape index (κ1) is 14.9. The molecular weight excluding hydrogens is 210 g/mol. The lowest BCUT2D eigenvalue weighted by atomic mass is 9.99. The van der Waals surface area contributed by atoms with Crippen LogP contribution in [0.5, 0.6) is 0 Å². The number of piperidine rings is 1. The summed E-state index contributed by atoms with van der Waals surface area (Å²) in [6, 6.07) is 1.79. The van der Waals surface area contributed by atoms with Gasteiger partial charge in [-0.05, 0) is 73.1 Å². The van der Waals surface area contributed by atoms with Crippen molar-refractivity contribution >= 4 is 0 Å². The first-order valence-electron chi connectivity index (χ1n) is 7.20. The largest absolute Gasteiger partial charge is 0.328 e. The van der Waals surface area contributed by atoms with Crippen LogP contribution in [0.1, 0.15) is 46.5 Å². The van der Waals surface area contributed by atoms with E-state index in [0.717, 1.165) is 0 Å². The molecule has 0 amide bonds. The molecule has 0 aliphatic carbocycles. The summed E-state index contributed by atoms with van der Waals surface area (Å²) in [6.07, 6.45) is 4.97. The SMILES string of the molecule is CC(C)N(C)CCCCN1CCC(N)CC1C. The Kier molecular flexibility index (Phi) is 6.45. The lowest BCUT2D eigenvalue weighted by molar-refractivity contribution is 0.142. The van der Waals surface area contributed by atoms with E-state index in [4.69, 9.17) is 5.73 Å². The first-order valence-corrected chi connectivity index (χ1v) is 7.20. The molecule has 3 heteroatoms. The second kappa shape index (κ2) is 7.34. The van der Waals surface area contributed by atoms with Crippen LogP contribution in [0.2, 0.25) is 0 Å². The molecule has 1 saturated heterocycles. The highest BCUT2D eigenvalue weighted by Crippen LogP contribution is 2.16. The second-order valence-corrected chi connectivity index (χ2v) is 5.95. The van der Waals surface area contributed by atoms with Crippen LogP contribution < -0.4 is 5.73 Å².